The van der Waals surface area contributed by atoms with Crippen LogP contribution in [0.2, 0.25) is 0 Å². The summed E-state index contributed by atoms with van der Waals surface area (Å²) in [7, 11) is -9.25. The maximum absolute atomic E-state index is 12.6. The number of carbonyl (C=O) groups is 3. The molecule has 13 nitrogen and oxygen atoms in total. The number of benzene rings is 2. The number of β-lactam (4-membered cyclic amide) rings is 1. The molecular formula is C21H23N3O10S2. The minimum absolute atomic E-state index is 0.0744. The monoisotopic (exact) mass is 541 g/mol. The van der Waals surface area contributed by atoms with Crippen molar-refractivity contribution in [3.8, 4) is 0 Å². The molecule has 2 aromatic rings. The van der Waals surface area contributed by atoms with Crippen LogP contribution in [0.15, 0.2) is 60.7 Å². The number of hydrogen-bond donors (Lipinski definition) is 3. The molecule has 0 spiro atoms. The number of sulfonamides is 1. The van der Waals surface area contributed by atoms with Crippen LogP contribution in [0.25, 0.3) is 0 Å². The third-order valence-corrected chi connectivity index (χ3v) is 7.19. The maximum atomic E-state index is 12.6. The summed E-state index contributed by atoms with van der Waals surface area (Å²) in [6.07, 6.45) is -1.09. The molecule has 194 valence electrons. The van der Waals surface area contributed by atoms with Crippen molar-refractivity contribution in [2.24, 2.45) is 0 Å². The van der Waals surface area contributed by atoms with E-state index in [4.69, 9.17) is 14.0 Å². The summed E-state index contributed by atoms with van der Waals surface area (Å²) in [6.45, 7) is -0.979. The quantitative estimate of drug-likeness (QED) is 0.198. The molecule has 1 aliphatic rings. The molecule has 0 aliphatic carbocycles. The Bertz CT molecular complexity index is 1300. The van der Waals surface area contributed by atoms with E-state index in [1.165, 1.54) is 0 Å². The first-order valence-corrected chi connectivity index (χ1v) is 13.5. The van der Waals surface area contributed by atoms with Gasteiger partial charge >= 0.3 is 22.4 Å². The standard InChI is InChI=1S/C21H23N3O10S2/c25-19-17(11-24(19)36(30,31)32)23-35(28,29)14-18(20(26)33-12-15-7-3-1-4-8-15)22-21(27)34-13-16-9-5-2-6-10-16/h1-10,17-18,23H,11-14H2,(H,22,27)(H,30,31,32). The molecule has 1 fully saturated rings. The number of amides is 2. The zero-order chi connectivity index (χ0) is 26.3. The molecular weight excluding hydrogens is 518 g/mol. The van der Waals surface area contributed by atoms with Crippen LogP contribution in [0.4, 0.5) is 4.79 Å². The van der Waals surface area contributed by atoms with Gasteiger partial charge in [-0.25, -0.2) is 27.0 Å². The van der Waals surface area contributed by atoms with Gasteiger partial charge in [-0.1, -0.05) is 60.7 Å². The minimum Gasteiger partial charge on any atom is -0.459 e. The Morgan fingerprint density at radius 3 is 1.97 bits per heavy atom. The van der Waals surface area contributed by atoms with Crippen molar-refractivity contribution in [3.05, 3.63) is 71.8 Å². The van der Waals surface area contributed by atoms with Gasteiger partial charge in [0.1, 0.15) is 25.3 Å². The number of nitrogens with zero attached hydrogens (tertiary/aromatic N) is 1. The zero-order valence-electron chi connectivity index (χ0n) is 18.6. The van der Waals surface area contributed by atoms with E-state index in [0.29, 0.717) is 11.1 Å². The summed E-state index contributed by atoms with van der Waals surface area (Å²) < 4.78 is 68.4. The van der Waals surface area contributed by atoms with E-state index in [1.54, 1.807) is 60.7 Å². The second kappa shape index (κ2) is 11.5. The van der Waals surface area contributed by atoms with Gasteiger partial charge in [-0.15, -0.1) is 0 Å². The Morgan fingerprint density at radius 1 is 0.944 bits per heavy atom. The van der Waals surface area contributed by atoms with Gasteiger partial charge in [-0.05, 0) is 11.1 Å². The largest absolute Gasteiger partial charge is 0.459 e. The molecule has 3 rings (SSSR count). The van der Waals surface area contributed by atoms with Crippen LogP contribution in [0.1, 0.15) is 11.1 Å². The van der Waals surface area contributed by atoms with Crippen LogP contribution in [0, 0.1) is 0 Å². The van der Waals surface area contributed by atoms with Crippen molar-refractivity contribution in [2.75, 3.05) is 12.3 Å². The highest BCUT2D eigenvalue weighted by Crippen LogP contribution is 2.15. The Labute approximate surface area is 207 Å². The number of rotatable bonds is 11. The van der Waals surface area contributed by atoms with Crippen molar-refractivity contribution in [2.45, 2.75) is 25.3 Å². The van der Waals surface area contributed by atoms with E-state index in [2.05, 4.69) is 5.32 Å². The van der Waals surface area contributed by atoms with Gasteiger partial charge in [0, 0.05) is 0 Å². The molecule has 1 saturated heterocycles. The van der Waals surface area contributed by atoms with E-state index < -0.39 is 62.7 Å². The molecule has 1 heterocycles. The first kappa shape index (κ1) is 27.1. The zero-order valence-corrected chi connectivity index (χ0v) is 20.3. The molecule has 2 aromatic carbocycles. The molecule has 15 heteroatoms. The Kier molecular flexibility index (Phi) is 8.62. The second-order valence-corrected chi connectivity index (χ2v) is 10.8. The fourth-order valence-electron chi connectivity index (χ4n) is 3.08. The molecule has 2 unspecified atom stereocenters. The van der Waals surface area contributed by atoms with E-state index in [1.807, 2.05) is 4.72 Å². The first-order valence-electron chi connectivity index (χ1n) is 10.4. The highest BCUT2D eigenvalue weighted by Gasteiger charge is 2.46. The first-order chi connectivity index (χ1) is 16.9. The summed E-state index contributed by atoms with van der Waals surface area (Å²) in [5, 5.41) is 2.15. The summed E-state index contributed by atoms with van der Waals surface area (Å²) in [5.41, 5.74) is 1.26. The molecule has 0 saturated carbocycles. The van der Waals surface area contributed by atoms with Crippen LogP contribution < -0.4 is 10.0 Å². The predicted molar refractivity (Wildman–Crippen MR) is 124 cm³/mol. The summed E-state index contributed by atoms with van der Waals surface area (Å²) in [6, 6.07) is 13.9. The van der Waals surface area contributed by atoms with Gasteiger partial charge in [-0.3, -0.25) is 9.35 Å². The molecule has 0 bridgehead atoms. The van der Waals surface area contributed by atoms with Crippen molar-refractivity contribution in [1.82, 2.24) is 14.3 Å². The summed E-state index contributed by atoms with van der Waals surface area (Å²) >= 11 is 0. The number of ether oxygens (including phenoxy) is 2. The molecule has 2 atom stereocenters. The number of hydrogen-bond acceptors (Lipinski definition) is 9. The Balaban J connectivity index is 1.65. The number of esters is 1. The van der Waals surface area contributed by atoms with Gasteiger partial charge in [-0.2, -0.15) is 8.42 Å². The minimum atomic E-state index is -4.82. The van der Waals surface area contributed by atoms with E-state index in [9.17, 15) is 31.2 Å². The average molecular weight is 542 g/mol. The number of alkyl carbamates (subject to hydrolysis) is 1. The van der Waals surface area contributed by atoms with Gasteiger partial charge in [0.05, 0.1) is 12.3 Å². The van der Waals surface area contributed by atoms with Crippen LogP contribution in [-0.2, 0) is 52.6 Å². The number of carbonyl (C=O) groups excluding carboxylic acids is 3. The fourth-order valence-corrected chi connectivity index (χ4v) is 5.14. The van der Waals surface area contributed by atoms with Gasteiger partial charge in [0.15, 0.2) is 0 Å². The van der Waals surface area contributed by atoms with Crippen LogP contribution in [0.5, 0.6) is 0 Å². The van der Waals surface area contributed by atoms with Crippen molar-refractivity contribution in [1.29, 1.82) is 0 Å². The molecule has 2 amide bonds. The Hall–Kier alpha value is -3.53. The normalized spacial score (nSPS) is 16.5. The van der Waals surface area contributed by atoms with E-state index >= 15 is 0 Å². The Morgan fingerprint density at radius 2 is 1.47 bits per heavy atom. The van der Waals surface area contributed by atoms with Gasteiger partial charge in [0.2, 0.25) is 10.0 Å². The van der Waals surface area contributed by atoms with Crippen molar-refractivity contribution < 1.29 is 45.2 Å². The molecule has 0 radical (unpaired) electrons. The predicted octanol–water partition coefficient (Wildman–Crippen LogP) is -0.0422. The smallest absolute Gasteiger partial charge is 0.408 e. The SMILES string of the molecule is O=C(NC(CS(=O)(=O)NC1CN(S(=O)(=O)O)C1=O)C(=O)OCc1ccccc1)OCc1ccccc1. The van der Waals surface area contributed by atoms with E-state index in [0.717, 1.165) is 0 Å². The van der Waals surface area contributed by atoms with Crippen molar-refractivity contribution in [3.63, 3.8) is 0 Å². The average Bonchev–Trinajstić information content (AvgIpc) is 2.83. The summed E-state index contributed by atoms with van der Waals surface area (Å²) in [5.74, 6) is -3.31. The van der Waals surface area contributed by atoms with E-state index in [-0.39, 0.29) is 17.5 Å². The van der Waals surface area contributed by atoms with Gasteiger partial charge in [0.25, 0.3) is 5.91 Å². The highest BCUT2D eigenvalue weighted by atomic mass is 32.2. The lowest BCUT2D eigenvalue weighted by atomic mass is 10.2. The van der Waals surface area contributed by atoms with Crippen molar-refractivity contribution >= 4 is 38.3 Å². The van der Waals surface area contributed by atoms with Crippen LogP contribution in [-0.4, -0.2) is 68.0 Å². The topological polar surface area (TPSA) is 185 Å². The lowest BCUT2D eigenvalue weighted by molar-refractivity contribution is -0.146. The lowest BCUT2D eigenvalue weighted by Gasteiger charge is -2.35. The molecule has 1 aliphatic heterocycles. The van der Waals surface area contributed by atoms with Gasteiger partial charge < -0.3 is 14.8 Å². The van der Waals surface area contributed by atoms with Crippen LogP contribution in [0.3, 0.4) is 0 Å². The molecule has 36 heavy (non-hydrogen) atoms. The fraction of sp³-hybridized carbons (Fsp3) is 0.286. The maximum Gasteiger partial charge on any atom is 0.408 e. The van der Waals surface area contributed by atoms with Crippen LogP contribution >= 0.6 is 0 Å². The molecule has 0 aromatic heterocycles. The lowest BCUT2D eigenvalue weighted by Crippen LogP contribution is -2.65. The third-order valence-electron chi connectivity index (χ3n) is 4.89. The molecule has 3 N–H and O–H groups in total. The summed E-state index contributed by atoms with van der Waals surface area (Å²) in [4.78, 5) is 36.8. The second-order valence-electron chi connectivity index (χ2n) is 7.65. The highest BCUT2D eigenvalue weighted by molar-refractivity contribution is 7.89. The third kappa shape index (κ3) is 7.74. The number of nitrogens with one attached hydrogen (secondary N) is 2.